The molecular weight excluding hydrogens is 424 g/mol. The summed E-state index contributed by atoms with van der Waals surface area (Å²) in [5.74, 6) is 0. The van der Waals surface area contributed by atoms with Gasteiger partial charge < -0.3 is 9.47 Å². The Kier molecular flexibility index (Phi) is 4.77. The molecule has 0 radical (unpaired) electrons. The number of aldehydes is 1. The molecule has 2 heterocycles. The van der Waals surface area contributed by atoms with Crippen molar-refractivity contribution in [1.82, 2.24) is 4.57 Å². The molecule has 0 bridgehead atoms. The van der Waals surface area contributed by atoms with Gasteiger partial charge in [0.25, 0.3) is 0 Å². The Morgan fingerprint density at radius 1 is 0.727 bits per heavy atom. The summed E-state index contributed by atoms with van der Waals surface area (Å²) < 4.78 is 2.39. The molecule has 0 fully saturated rings. The highest BCUT2D eigenvalue weighted by Gasteiger charge is 2.23. The zero-order valence-electron chi connectivity index (χ0n) is 18.7. The molecule has 4 aromatic carbocycles. The third-order valence-electron chi connectivity index (χ3n) is 6.62. The number of fused-ring (bicyclic) bond motifs is 5. The molecular formula is C29H24N2OS. The zero-order chi connectivity index (χ0) is 22.5. The van der Waals surface area contributed by atoms with E-state index < -0.39 is 0 Å². The number of hydrogen-bond acceptors (Lipinski definition) is 3. The van der Waals surface area contributed by atoms with Crippen LogP contribution in [0.25, 0.3) is 32.9 Å². The van der Waals surface area contributed by atoms with E-state index in [1.54, 1.807) is 11.8 Å². The number of carbonyl (C=O) groups excluding carboxylic acids is 1. The Labute approximate surface area is 197 Å². The largest absolute Gasteiger partial charge is 0.341 e. The SMILES string of the molecule is CCN1c2ccc(C=O)cc2Sc2cc(-c3ccc4c(c3)c3ccccc3n4CC)ccc21. The molecule has 0 saturated carbocycles. The lowest BCUT2D eigenvalue weighted by Gasteiger charge is -2.32. The minimum atomic E-state index is 0.717. The summed E-state index contributed by atoms with van der Waals surface area (Å²) in [6.45, 7) is 6.20. The van der Waals surface area contributed by atoms with Crippen molar-refractivity contribution in [2.45, 2.75) is 30.2 Å². The number of aromatic nitrogens is 1. The van der Waals surface area contributed by atoms with E-state index >= 15 is 0 Å². The standard InChI is InChI=1S/C29H24N2OS/c1-3-30-24-8-6-5-7-22(24)23-16-20(10-13-25(23)30)21-11-14-27-29(17-21)33-28-15-19(18-32)9-12-26(28)31(27)4-2/h5-18H,3-4H2,1-2H3. The first-order valence-electron chi connectivity index (χ1n) is 11.4. The Hall–Kier alpha value is -3.50. The number of rotatable bonds is 4. The quantitative estimate of drug-likeness (QED) is 0.261. The van der Waals surface area contributed by atoms with Crippen molar-refractivity contribution in [3.63, 3.8) is 0 Å². The normalized spacial score (nSPS) is 12.7. The molecule has 0 aliphatic carbocycles. The molecule has 0 saturated heterocycles. The Bertz CT molecular complexity index is 1550. The van der Waals surface area contributed by atoms with Crippen molar-refractivity contribution >= 4 is 51.2 Å². The van der Waals surface area contributed by atoms with Crippen LogP contribution in [0.3, 0.4) is 0 Å². The van der Waals surface area contributed by atoms with Crippen LogP contribution in [0, 0.1) is 0 Å². The lowest BCUT2D eigenvalue weighted by atomic mass is 10.0. The summed E-state index contributed by atoms with van der Waals surface area (Å²) in [5, 5.41) is 2.60. The maximum atomic E-state index is 11.3. The summed E-state index contributed by atoms with van der Waals surface area (Å²) >= 11 is 1.75. The monoisotopic (exact) mass is 448 g/mol. The van der Waals surface area contributed by atoms with E-state index in [-0.39, 0.29) is 0 Å². The van der Waals surface area contributed by atoms with E-state index in [9.17, 15) is 4.79 Å². The minimum absolute atomic E-state index is 0.717. The maximum absolute atomic E-state index is 11.3. The van der Waals surface area contributed by atoms with E-state index in [1.807, 2.05) is 12.1 Å². The first-order valence-corrected chi connectivity index (χ1v) is 12.2. The Morgan fingerprint density at radius 3 is 2.21 bits per heavy atom. The number of nitrogens with zero attached hydrogens (tertiary/aromatic N) is 2. The first kappa shape index (κ1) is 20.1. The van der Waals surface area contributed by atoms with Gasteiger partial charge in [-0.2, -0.15) is 0 Å². The number of anilines is 2. The molecule has 1 aliphatic heterocycles. The van der Waals surface area contributed by atoms with Gasteiger partial charge in [-0.15, -0.1) is 0 Å². The van der Waals surface area contributed by atoms with Crippen LogP contribution in [0.2, 0.25) is 0 Å². The fourth-order valence-electron chi connectivity index (χ4n) is 5.07. The van der Waals surface area contributed by atoms with Gasteiger partial charge in [0.15, 0.2) is 0 Å². The third kappa shape index (κ3) is 3.09. The molecule has 33 heavy (non-hydrogen) atoms. The highest BCUT2D eigenvalue weighted by atomic mass is 32.2. The smallest absolute Gasteiger partial charge is 0.150 e. The second-order valence-electron chi connectivity index (χ2n) is 8.37. The fraction of sp³-hybridized carbons (Fsp3) is 0.138. The second kappa shape index (κ2) is 7.82. The van der Waals surface area contributed by atoms with Gasteiger partial charge in [-0.05, 0) is 73.5 Å². The summed E-state index contributed by atoms with van der Waals surface area (Å²) in [5.41, 5.74) is 8.11. The number of benzene rings is 4. The van der Waals surface area contributed by atoms with Crippen molar-refractivity contribution in [3.05, 3.63) is 84.4 Å². The molecule has 0 unspecified atom stereocenters. The predicted octanol–water partition coefficient (Wildman–Crippen LogP) is 7.92. The van der Waals surface area contributed by atoms with Gasteiger partial charge >= 0.3 is 0 Å². The van der Waals surface area contributed by atoms with Crippen LogP contribution in [-0.2, 0) is 6.54 Å². The Morgan fingerprint density at radius 2 is 1.42 bits per heavy atom. The van der Waals surface area contributed by atoms with Crippen molar-refractivity contribution in [1.29, 1.82) is 0 Å². The summed E-state index contributed by atoms with van der Waals surface area (Å²) in [6, 6.07) is 28.2. The number of hydrogen-bond donors (Lipinski definition) is 0. The van der Waals surface area contributed by atoms with Gasteiger partial charge in [0, 0.05) is 50.2 Å². The fourth-order valence-corrected chi connectivity index (χ4v) is 6.25. The van der Waals surface area contributed by atoms with E-state index in [2.05, 4.69) is 90.0 Å². The molecule has 0 N–H and O–H groups in total. The van der Waals surface area contributed by atoms with Gasteiger partial charge in [-0.1, -0.05) is 42.1 Å². The highest BCUT2D eigenvalue weighted by molar-refractivity contribution is 7.99. The molecule has 0 atom stereocenters. The molecule has 0 spiro atoms. The topological polar surface area (TPSA) is 25.2 Å². The van der Waals surface area contributed by atoms with Crippen molar-refractivity contribution in [3.8, 4) is 11.1 Å². The van der Waals surface area contributed by atoms with Gasteiger partial charge in [0.2, 0.25) is 0 Å². The van der Waals surface area contributed by atoms with E-state index in [4.69, 9.17) is 0 Å². The van der Waals surface area contributed by atoms with Crippen molar-refractivity contribution in [2.75, 3.05) is 11.4 Å². The van der Waals surface area contributed by atoms with Crippen LogP contribution in [0.15, 0.2) is 88.7 Å². The third-order valence-corrected chi connectivity index (χ3v) is 7.71. The number of aryl methyl sites for hydroxylation is 1. The lowest BCUT2D eigenvalue weighted by Crippen LogP contribution is -2.20. The van der Waals surface area contributed by atoms with Crippen molar-refractivity contribution < 1.29 is 4.79 Å². The summed E-state index contributed by atoms with van der Waals surface area (Å²) in [6.07, 6.45) is 0.922. The molecule has 1 aliphatic rings. The van der Waals surface area contributed by atoms with Crippen LogP contribution in [-0.4, -0.2) is 17.4 Å². The average Bonchev–Trinajstić information content (AvgIpc) is 3.19. The molecule has 0 amide bonds. The van der Waals surface area contributed by atoms with E-state index in [0.29, 0.717) is 0 Å². The van der Waals surface area contributed by atoms with Crippen LogP contribution < -0.4 is 4.90 Å². The molecule has 3 nitrogen and oxygen atoms in total. The number of carbonyl (C=O) groups is 1. The maximum Gasteiger partial charge on any atom is 0.150 e. The number of para-hydroxylation sites is 1. The van der Waals surface area contributed by atoms with Crippen LogP contribution in [0.1, 0.15) is 24.2 Å². The highest BCUT2D eigenvalue weighted by Crippen LogP contribution is 2.49. The van der Waals surface area contributed by atoms with E-state index in [0.717, 1.165) is 29.8 Å². The first-order chi connectivity index (χ1) is 16.2. The van der Waals surface area contributed by atoms with Crippen LogP contribution >= 0.6 is 11.8 Å². The molecule has 162 valence electrons. The van der Waals surface area contributed by atoms with Gasteiger partial charge in [0.05, 0.1) is 11.4 Å². The van der Waals surface area contributed by atoms with Crippen LogP contribution in [0.4, 0.5) is 11.4 Å². The molecule has 6 rings (SSSR count). The average molecular weight is 449 g/mol. The van der Waals surface area contributed by atoms with Gasteiger partial charge in [0.1, 0.15) is 6.29 Å². The predicted molar refractivity (Wildman–Crippen MR) is 139 cm³/mol. The minimum Gasteiger partial charge on any atom is -0.341 e. The Balaban J connectivity index is 1.48. The van der Waals surface area contributed by atoms with Gasteiger partial charge in [-0.3, -0.25) is 4.79 Å². The molecule has 5 aromatic rings. The zero-order valence-corrected chi connectivity index (χ0v) is 19.5. The molecule has 4 heteroatoms. The molecule has 1 aromatic heterocycles. The second-order valence-corrected chi connectivity index (χ2v) is 9.45. The lowest BCUT2D eigenvalue weighted by molar-refractivity contribution is 0.112. The van der Waals surface area contributed by atoms with Crippen LogP contribution in [0.5, 0.6) is 0 Å². The van der Waals surface area contributed by atoms with Crippen molar-refractivity contribution in [2.24, 2.45) is 0 Å². The summed E-state index contributed by atoms with van der Waals surface area (Å²) in [7, 11) is 0. The van der Waals surface area contributed by atoms with E-state index in [1.165, 1.54) is 49.2 Å². The summed E-state index contributed by atoms with van der Waals surface area (Å²) in [4.78, 5) is 16.0. The van der Waals surface area contributed by atoms with Gasteiger partial charge in [-0.25, -0.2) is 0 Å².